The molecular weight excluding hydrogens is 476 g/mol. The van der Waals surface area contributed by atoms with E-state index in [-0.39, 0.29) is 5.91 Å². The number of likely N-dealkylation sites (N-methyl/N-ethyl adjacent to an activating group) is 1. The smallest absolute Gasteiger partial charge is 0.253 e. The van der Waals surface area contributed by atoms with Crippen LogP contribution in [0, 0.1) is 5.92 Å². The summed E-state index contributed by atoms with van der Waals surface area (Å²) in [5, 5.41) is 1.05. The fraction of sp³-hybridized carbons (Fsp3) is 0.355. The minimum Gasteiger partial charge on any atom is -0.496 e. The first kappa shape index (κ1) is 24.6. The van der Waals surface area contributed by atoms with Crippen molar-refractivity contribution in [3.05, 3.63) is 71.5 Å². The summed E-state index contributed by atoms with van der Waals surface area (Å²) in [6, 6.07) is 14.5. The first-order valence-corrected chi connectivity index (χ1v) is 13.3. The van der Waals surface area contributed by atoms with E-state index in [4.69, 9.17) is 14.5 Å². The van der Waals surface area contributed by atoms with Crippen molar-refractivity contribution < 1.29 is 14.3 Å². The molecule has 0 aliphatic carbocycles. The summed E-state index contributed by atoms with van der Waals surface area (Å²) in [5.74, 6) is 1.40. The Labute approximate surface area is 223 Å². The topological polar surface area (TPSA) is 70.7 Å². The van der Waals surface area contributed by atoms with Crippen LogP contribution in [0.2, 0.25) is 0 Å². The van der Waals surface area contributed by atoms with Gasteiger partial charge in [0, 0.05) is 79.2 Å². The zero-order valence-electron chi connectivity index (χ0n) is 22.3. The molecule has 1 fully saturated rings. The second kappa shape index (κ2) is 10.2. The van der Waals surface area contributed by atoms with E-state index < -0.39 is 0 Å². The van der Waals surface area contributed by atoms with Crippen molar-refractivity contribution in [3.63, 3.8) is 0 Å². The number of hydrogen-bond acceptors (Lipinski definition) is 5. The fourth-order valence-corrected chi connectivity index (χ4v) is 5.73. The van der Waals surface area contributed by atoms with Crippen molar-refractivity contribution >= 4 is 16.9 Å². The number of nitrogens with zero attached hydrogens (tertiary/aromatic N) is 3. The van der Waals surface area contributed by atoms with E-state index in [1.807, 2.05) is 43.7 Å². The van der Waals surface area contributed by atoms with Crippen molar-refractivity contribution in [2.24, 2.45) is 5.92 Å². The van der Waals surface area contributed by atoms with E-state index in [0.717, 1.165) is 84.7 Å². The Morgan fingerprint density at radius 2 is 2.03 bits per heavy atom. The molecule has 7 heteroatoms. The molecule has 4 heterocycles. The highest BCUT2D eigenvalue weighted by atomic mass is 16.5. The highest BCUT2D eigenvalue weighted by Crippen LogP contribution is 2.36. The van der Waals surface area contributed by atoms with Gasteiger partial charge in [-0.15, -0.1) is 0 Å². The number of aromatic amines is 1. The summed E-state index contributed by atoms with van der Waals surface area (Å²) in [6.45, 7) is 4.20. The van der Waals surface area contributed by atoms with Gasteiger partial charge in [-0.1, -0.05) is 18.2 Å². The molecule has 0 radical (unpaired) electrons. The molecule has 2 aromatic heterocycles. The van der Waals surface area contributed by atoms with Crippen LogP contribution in [0.25, 0.3) is 33.3 Å². The van der Waals surface area contributed by atoms with Crippen molar-refractivity contribution in [2.75, 3.05) is 47.5 Å². The number of rotatable bonds is 6. The fourth-order valence-electron chi connectivity index (χ4n) is 5.73. The summed E-state index contributed by atoms with van der Waals surface area (Å²) in [7, 11) is 5.76. The number of amides is 1. The molecule has 7 nitrogen and oxygen atoms in total. The standard InChI is InChI=1S/C31H34N4O3/c1-34-10-8-23-12-24(14-29(37-3)28(23)18-34)25-13-26-27(16-33-30(26)32-15-25)21-4-6-22(7-5-21)31(36)35(2)17-20-9-11-38-19-20/h4-7,12-16,20H,8-11,17-19H2,1-3H3,(H,32,33). The lowest BCUT2D eigenvalue weighted by molar-refractivity contribution is 0.0766. The van der Waals surface area contributed by atoms with Gasteiger partial charge >= 0.3 is 0 Å². The maximum atomic E-state index is 13.0. The van der Waals surface area contributed by atoms with Gasteiger partial charge in [0.1, 0.15) is 11.4 Å². The predicted octanol–water partition coefficient (Wildman–Crippen LogP) is 5.00. The van der Waals surface area contributed by atoms with Gasteiger partial charge in [-0.05, 0) is 60.8 Å². The number of H-pyrrole nitrogens is 1. The van der Waals surface area contributed by atoms with E-state index in [2.05, 4.69) is 35.1 Å². The number of hydrogen-bond donors (Lipinski definition) is 1. The summed E-state index contributed by atoms with van der Waals surface area (Å²) < 4.78 is 11.2. The maximum Gasteiger partial charge on any atom is 0.253 e. The molecule has 1 atom stereocenters. The lowest BCUT2D eigenvalue weighted by atomic mass is 9.93. The Kier molecular flexibility index (Phi) is 6.64. The van der Waals surface area contributed by atoms with Gasteiger partial charge in [-0.3, -0.25) is 4.79 Å². The molecule has 1 amide bonds. The second-order valence-corrected chi connectivity index (χ2v) is 10.6. The van der Waals surface area contributed by atoms with Crippen LogP contribution >= 0.6 is 0 Å². The van der Waals surface area contributed by atoms with Crippen molar-refractivity contribution in [1.82, 2.24) is 19.8 Å². The number of aromatic nitrogens is 2. The van der Waals surface area contributed by atoms with Crippen LogP contribution < -0.4 is 4.74 Å². The van der Waals surface area contributed by atoms with Gasteiger partial charge in [0.25, 0.3) is 5.91 Å². The summed E-state index contributed by atoms with van der Waals surface area (Å²) in [6.07, 6.45) is 5.94. The van der Waals surface area contributed by atoms with Gasteiger partial charge < -0.3 is 24.3 Å². The quantitative estimate of drug-likeness (QED) is 0.395. The molecule has 4 aromatic rings. The molecule has 6 rings (SSSR count). The Morgan fingerprint density at radius 1 is 1.18 bits per heavy atom. The Morgan fingerprint density at radius 3 is 2.79 bits per heavy atom. The molecular formula is C31H34N4O3. The van der Waals surface area contributed by atoms with Crippen LogP contribution in [0.3, 0.4) is 0 Å². The van der Waals surface area contributed by atoms with Gasteiger partial charge in [-0.2, -0.15) is 0 Å². The van der Waals surface area contributed by atoms with Crippen LogP contribution in [0.4, 0.5) is 0 Å². The van der Waals surface area contributed by atoms with Gasteiger partial charge in [-0.25, -0.2) is 4.98 Å². The summed E-state index contributed by atoms with van der Waals surface area (Å²) >= 11 is 0. The van der Waals surface area contributed by atoms with E-state index in [0.29, 0.717) is 11.5 Å². The molecule has 196 valence electrons. The van der Waals surface area contributed by atoms with Crippen molar-refractivity contribution in [2.45, 2.75) is 19.4 Å². The van der Waals surface area contributed by atoms with E-state index in [1.165, 1.54) is 11.1 Å². The SMILES string of the molecule is COc1cc(-c2cnc3[nH]cc(-c4ccc(C(=O)N(C)CC5CCOC5)cc4)c3c2)cc2c1CN(C)CC2. The molecule has 1 saturated heterocycles. The van der Waals surface area contributed by atoms with Crippen molar-refractivity contribution in [1.29, 1.82) is 0 Å². The summed E-state index contributed by atoms with van der Waals surface area (Å²) in [4.78, 5) is 25.1. The Balaban J connectivity index is 1.28. The number of nitrogens with one attached hydrogen (secondary N) is 1. The van der Waals surface area contributed by atoms with Crippen LogP contribution in [-0.2, 0) is 17.7 Å². The van der Waals surface area contributed by atoms with E-state index in [1.54, 1.807) is 12.0 Å². The largest absolute Gasteiger partial charge is 0.496 e. The zero-order chi connectivity index (χ0) is 26.2. The lowest BCUT2D eigenvalue weighted by Crippen LogP contribution is -2.32. The molecule has 0 saturated carbocycles. The van der Waals surface area contributed by atoms with Crippen LogP contribution in [0.5, 0.6) is 5.75 Å². The lowest BCUT2D eigenvalue weighted by Gasteiger charge is -2.27. The molecule has 0 bridgehead atoms. The minimum atomic E-state index is 0.0406. The molecule has 2 aliphatic heterocycles. The number of carbonyl (C=O) groups excluding carboxylic acids is 1. The Bertz CT molecular complexity index is 1450. The van der Waals surface area contributed by atoms with Gasteiger partial charge in [0.15, 0.2) is 0 Å². The third-order valence-corrected chi connectivity index (χ3v) is 7.92. The van der Waals surface area contributed by atoms with Crippen LogP contribution in [0.15, 0.2) is 54.9 Å². The average molecular weight is 511 g/mol. The average Bonchev–Trinajstić information content (AvgIpc) is 3.61. The first-order valence-electron chi connectivity index (χ1n) is 13.3. The van der Waals surface area contributed by atoms with Gasteiger partial charge in [0.05, 0.1) is 13.7 Å². The second-order valence-electron chi connectivity index (χ2n) is 10.6. The highest BCUT2D eigenvalue weighted by molar-refractivity contribution is 5.98. The molecule has 2 aromatic carbocycles. The molecule has 38 heavy (non-hydrogen) atoms. The highest BCUT2D eigenvalue weighted by Gasteiger charge is 2.22. The molecule has 0 spiro atoms. The third-order valence-electron chi connectivity index (χ3n) is 7.92. The number of benzene rings is 2. The van der Waals surface area contributed by atoms with E-state index >= 15 is 0 Å². The first-order chi connectivity index (χ1) is 18.5. The van der Waals surface area contributed by atoms with E-state index in [9.17, 15) is 4.79 Å². The summed E-state index contributed by atoms with van der Waals surface area (Å²) in [5.41, 5.74) is 8.44. The monoisotopic (exact) mass is 510 g/mol. The van der Waals surface area contributed by atoms with Crippen molar-refractivity contribution in [3.8, 4) is 28.0 Å². The number of pyridine rings is 1. The number of methoxy groups -OCH3 is 1. The normalized spacial score (nSPS) is 17.5. The predicted molar refractivity (Wildman–Crippen MR) is 149 cm³/mol. The molecule has 1 unspecified atom stereocenters. The molecule has 1 N–H and O–H groups in total. The number of carbonyl (C=O) groups is 1. The van der Waals surface area contributed by atoms with Gasteiger partial charge in [0.2, 0.25) is 0 Å². The minimum absolute atomic E-state index is 0.0406. The zero-order valence-corrected chi connectivity index (χ0v) is 22.3. The van der Waals surface area contributed by atoms with Crippen LogP contribution in [0.1, 0.15) is 27.9 Å². The van der Waals surface area contributed by atoms with Crippen LogP contribution in [-0.4, -0.2) is 73.2 Å². The third kappa shape index (κ3) is 4.68. The number of fused-ring (bicyclic) bond motifs is 2. The Hall–Kier alpha value is -3.68. The number of ether oxygens (including phenoxy) is 2. The molecule has 2 aliphatic rings. The maximum absolute atomic E-state index is 13.0.